The van der Waals surface area contributed by atoms with E-state index in [2.05, 4.69) is 13.8 Å². The van der Waals surface area contributed by atoms with Gasteiger partial charge in [-0.2, -0.15) is 4.31 Å². The average Bonchev–Trinajstić information content (AvgIpc) is 2.28. The molecule has 0 amide bonds. The van der Waals surface area contributed by atoms with Gasteiger partial charge in [0.05, 0.1) is 4.90 Å². The standard InChI is InChI=1S/C13H18ClNO2S/c1-13(2)6-8-15(9-7-13)18(16,17)12-5-3-4-11(14)10-12/h3-5,10H,6-9H2,1-2H3. The number of benzene rings is 1. The van der Waals surface area contributed by atoms with Crippen LogP contribution < -0.4 is 0 Å². The summed E-state index contributed by atoms with van der Waals surface area (Å²) in [6.45, 7) is 5.52. The second-order valence-electron chi connectivity index (χ2n) is 5.53. The maximum atomic E-state index is 12.4. The summed E-state index contributed by atoms with van der Waals surface area (Å²) in [6, 6.07) is 6.46. The summed E-state index contributed by atoms with van der Waals surface area (Å²) in [5, 5.41) is 0.452. The van der Waals surface area contributed by atoms with E-state index in [1.165, 1.54) is 6.07 Å². The molecule has 1 aromatic carbocycles. The summed E-state index contributed by atoms with van der Waals surface area (Å²) >= 11 is 5.85. The van der Waals surface area contributed by atoms with Crippen molar-refractivity contribution in [3.63, 3.8) is 0 Å². The van der Waals surface area contributed by atoms with Gasteiger partial charge in [0.2, 0.25) is 10.0 Å². The second-order valence-corrected chi connectivity index (χ2v) is 7.90. The predicted octanol–water partition coefficient (Wildman–Crippen LogP) is 3.15. The van der Waals surface area contributed by atoms with Crippen molar-refractivity contribution in [2.75, 3.05) is 13.1 Å². The van der Waals surface area contributed by atoms with Crippen LogP contribution in [0.3, 0.4) is 0 Å². The van der Waals surface area contributed by atoms with Crippen LogP contribution in [-0.4, -0.2) is 25.8 Å². The van der Waals surface area contributed by atoms with Crippen molar-refractivity contribution in [1.82, 2.24) is 4.31 Å². The van der Waals surface area contributed by atoms with Crippen LogP contribution in [0.15, 0.2) is 29.2 Å². The summed E-state index contributed by atoms with van der Waals surface area (Å²) in [4.78, 5) is 0.287. The number of hydrogen-bond acceptors (Lipinski definition) is 2. The molecule has 100 valence electrons. The van der Waals surface area contributed by atoms with Crippen molar-refractivity contribution in [2.24, 2.45) is 5.41 Å². The lowest BCUT2D eigenvalue weighted by atomic mass is 9.83. The van der Waals surface area contributed by atoms with E-state index < -0.39 is 10.0 Å². The Labute approximate surface area is 114 Å². The zero-order valence-corrected chi connectivity index (χ0v) is 12.3. The fourth-order valence-corrected chi connectivity index (χ4v) is 3.85. The van der Waals surface area contributed by atoms with Crippen LogP contribution in [0.2, 0.25) is 5.02 Å². The highest BCUT2D eigenvalue weighted by Gasteiger charge is 2.32. The van der Waals surface area contributed by atoms with Crippen molar-refractivity contribution < 1.29 is 8.42 Å². The SMILES string of the molecule is CC1(C)CCN(S(=O)(=O)c2cccc(Cl)c2)CC1. The first-order valence-corrected chi connectivity index (χ1v) is 7.89. The van der Waals surface area contributed by atoms with Gasteiger partial charge in [-0.25, -0.2) is 8.42 Å². The molecule has 0 atom stereocenters. The lowest BCUT2D eigenvalue weighted by molar-refractivity contribution is 0.196. The molecule has 0 aliphatic carbocycles. The van der Waals surface area contributed by atoms with Gasteiger partial charge in [-0.05, 0) is 36.5 Å². The van der Waals surface area contributed by atoms with Gasteiger partial charge in [0.15, 0.2) is 0 Å². The Morgan fingerprint density at radius 3 is 2.39 bits per heavy atom. The van der Waals surface area contributed by atoms with Crippen LogP contribution >= 0.6 is 11.6 Å². The predicted molar refractivity (Wildman–Crippen MR) is 73.2 cm³/mol. The molecule has 0 radical (unpaired) electrons. The smallest absolute Gasteiger partial charge is 0.207 e. The number of sulfonamides is 1. The highest BCUT2D eigenvalue weighted by atomic mass is 35.5. The number of nitrogens with zero attached hydrogens (tertiary/aromatic N) is 1. The highest BCUT2D eigenvalue weighted by molar-refractivity contribution is 7.89. The molecule has 0 unspecified atom stereocenters. The first kappa shape index (κ1) is 13.8. The molecule has 0 aromatic heterocycles. The van der Waals surface area contributed by atoms with Gasteiger partial charge in [0.25, 0.3) is 0 Å². The quantitative estimate of drug-likeness (QED) is 0.838. The number of piperidine rings is 1. The van der Waals surface area contributed by atoms with Gasteiger partial charge in [0.1, 0.15) is 0 Å². The van der Waals surface area contributed by atoms with Crippen LogP contribution in [0.25, 0.3) is 0 Å². The minimum absolute atomic E-state index is 0.236. The molecule has 1 aliphatic heterocycles. The third kappa shape index (κ3) is 2.87. The van der Waals surface area contributed by atoms with Crippen LogP contribution in [0, 0.1) is 5.41 Å². The lowest BCUT2D eigenvalue weighted by Crippen LogP contribution is -2.41. The van der Waals surface area contributed by atoms with Crippen LogP contribution in [0.1, 0.15) is 26.7 Å². The summed E-state index contributed by atoms with van der Waals surface area (Å²) in [7, 11) is -3.39. The monoisotopic (exact) mass is 287 g/mol. The third-order valence-corrected chi connectivity index (χ3v) is 5.64. The van der Waals surface area contributed by atoms with Gasteiger partial charge >= 0.3 is 0 Å². The van der Waals surface area contributed by atoms with Gasteiger partial charge in [0, 0.05) is 18.1 Å². The van der Waals surface area contributed by atoms with Crippen molar-refractivity contribution in [2.45, 2.75) is 31.6 Å². The lowest BCUT2D eigenvalue weighted by Gasteiger charge is -2.36. The summed E-state index contributed by atoms with van der Waals surface area (Å²) in [5.41, 5.74) is 0.236. The summed E-state index contributed by atoms with van der Waals surface area (Å²) < 4.78 is 26.4. The van der Waals surface area contributed by atoms with E-state index in [0.717, 1.165) is 12.8 Å². The normalized spacial score (nSPS) is 20.8. The van der Waals surface area contributed by atoms with Gasteiger partial charge in [-0.3, -0.25) is 0 Å². The van der Waals surface area contributed by atoms with Gasteiger partial charge < -0.3 is 0 Å². The number of rotatable bonds is 2. The van der Waals surface area contributed by atoms with Crippen molar-refractivity contribution in [1.29, 1.82) is 0 Å². The third-order valence-electron chi connectivity index (χ3n) is 3.51. The Morgan fingerprint density at radius 2 is 1.83 bits per heavy atom. The van der Waals surface area contributed by atoms with Crippen LogP contribution in [0.4, 0.5) is 0 Å². The van der Waals surface area contributed by atoms with Crippen LogP contribution in [0.5, 0.6) is 0 Å². The van der Waals surface area contributed by atoms with Crippen molar-refractivity contribution in [3.8, 4) is 0 Å². The topological polar surface area (TPSA) is 37.4 Å². The number of halogens is 1. The van der Waals surface area contributed by atoms with Gasteiger partial charge in [-0.15, -0.1) is 0 Å². The van der Waals surface area contributed by atoms with Crippen molar-refractivity contribution >= 4 is 21.6 Å². The van der Waals surface area contributed by atoms with Crippen LogP contribution in [-0.2, 0) is 10.0 Å². The molecule has 0 bridgehead atoms. The molecule has 1 heterocycles. The Morgan fingerprint density at radius 1 is 1.22 bits per heavy atom. The van der Waals surface area contributed by atoms with E-state index in [1.807, 2.05) is 0 Å². The molecule has 0 N–H and O–H groups in total. The number of hydrogen-bond donors (Lipinski definition) is 0. The maximum absolute atomic E-state index is 12.4. The van der Waals surface area contributed by atoms with Gasteiger partial charge in [-0.1, -0.05) is 31.5 Å². The van der Waals surface area contributed by atoms with E-state index in [-0.39, 0.29) is 10.3 Å². The van der Waals surface area contributed by atoms with E-state index in [1.54, 1.807) is 22.5 Å². The largest absolute Gasteiger partial charge is 0.243 e. The molecule has 1 fully saturated rings. The first-order chi connectivity index (χ1) is 8.31. The highest BCUT2D eigenvalue weighted by Crippen LogP contribution is 2.32. The molecular formula is C13H18ClNO2S. The second kappa shape index (κ2) is 4.83. The Kier molecular flexibility index (Phi) is 3.72. The maximum Gasteiger partial charge on any atom is 0.243 e. The van der Waals surface area contributed by atoms with Crippen molar-refractivity contribution in [3.05, 3.63) is 29.3 Å². The Balaban J connectivity index is 2.23. The van der Waals surface area contributed by atoms with E-state index in [0.29, 0.717) is 18.1 Å². The Bertz CT molecular complexity index is 530. The molecule has 2 rings (SSSR count). The fraction of sp³-hybridized carbons (Fsp3) is 0.538. The molecule has 18 heavy (non-hydrogen) atoms. The first-order valence-electron chi connectivity index (χ1n) is 6.07. The summed E-state index contributed by atoms with van der Waals surface area (Å²) in [6.07, 6.45) is 1.79. The zero-order valence-electron chi connectivity index (χ0n) is 10.7. The molecular weight excluding hydrogens is 270 g/mol. The minimum Gasteiger partial charge on any atom is -0.207 e. The van der Waals surface area contributed by atoms with E-state index in [9.17, 15) is 8.42 Å². The zero-order chi connectivity index (χ0) is 13.4. The molecule has 1 saturated heterocycles. The minimum atomic E-state index is -3.39. The fourth-order valence-electron chi connectivity index (χ4n) is 2.11. The van der Waals surface area contributed by atoms with E-state index >= 15 is 0 Å². The molecule has 1 aliphatic rings. The molecule has 3 nitrogen and oxygen atoms in total. The van der Waals surface area contributed by atoms with E-state index in [4.69, 9.17) is 11.6 Å². The summed E-state index contributed by atoms with van der Waals surface area (Å²) in [5.74, 6) is 0. The molecule has 1 aromatic rings. The molecule has 5 heteroatoms. The Hall–Kier alpha value is -0.580. The average molecular weight is 288 g/mol. The molecule has 0 saturated carbocycles. The molecule has 0 spiro atoms.